The molecule has 0 saturated carbocycles. The van der Waals surface area contributed by atoms with Gasteiger partial charge in [-0.25, -0.2) is 4.98 Å². The number of hydrogen-bond donors (Lipinski definition) is 2. The minimum Gasteiger partial charge on any atom is -0.383 e. The molecule has 0 unspecified atom stereocenters. The molecule has 2 aromatic carbocycles. The van der Waals surface area contributed by atoms with Gasteiger partial charge in [0.25, 0.3) is 5.91 Å². The van der Waals surface area contributed by atoms with E-state index >= 15 is 0 Å². The fraction of sp³-hybridized carbons (Fsp3) is 0.100. The van der Waals surface area contributed by atoms with Crippen LogP contribution in [-0.4, -0.2) is 17.4 Å². The summed E-state index contributed by atoms with van der Waals surface area (Å²) in [6.07, 6.45) is 2.58. The van der Waals surface area contributed by atoms with Crippen LogP contribution in [0.1, 0.15) is 15.9 Å². The van der Waals surface area contributed by atoms with Crippen LogP contribution >= 0.6 is 11.6 Å². The molecule has 0 atom stereocenters. The van der Waals surface area contributed by atoms with Crippen molar-refractivity contribution in [2.75, 3.05) is 17.2 Å². The van der Waals surface area contributed by atoms with E-state index in [4.69, 9.17) is 11.6 Å². The average Bonchev–Trinajstić information content (AvgIpc) is 2.64. The standard InChI is InChI=1S/C20H18ClN3O/c21-17-8-4-5-15(13-17)11-12-22-18-9-10-19(23-14-18)24-20(25)16-6-2-1-3-7-16/h1-10,13-14,22H,11-12H2,(H,23,24,25). The van der Waals surface area contributed by atoms with Gasteiger partial charge >= 0.3 is 0 Å². The third-order valence-electron chi connectivity index (χ3n) is 3.67. The monoisotopic (exact) mass is 351 g/mol. The summed E-state index contributed by atoms with van der Waals surface area (Å²) in [4.78, 5) is 16.3. The van der Waals surface area contributed by atoms with Crippen molar-refractivity contribution in [1.29, 1.82) is 0 Å². The molecule has 1 heterocycles. The van der Waals surface area contributed by atoms with Gasteiger partial charge in [0.05, 0.1) is 11.9 Å². The number of benzene rings is 2. The van der Waals surface area contributed by atoms with E-state index in [9.17, 15) is 4.79 Å². The molecule has 1 aromatic heterocycles. The number of carbonyl (C=O) groups is 1. The van der Waals surface area contributed by atoms with E-state index in [1.807, 2.05) is 48.5 Å². The highest BCUT2D eigenvalue weighted by molar-refractivity contribution is 6.30. The molecule has 3 aromatic rings. The van der Waals surface area contributed by atoms with E-state index in [1.165, 1.54) is 5.56 Å². The molecule has 0 bridgehead atoms. The summed E-state index contributed by atoms with van der Waals surface area (Å²) in [5, 5.41) is 6.84. The molecule has 0 fully saturated rings. The second-order valence-electron chi connectivity index (χ2n) is 5.56. The number of pyridine rings is 1. The normalized spacial score (nSPS) is 10.3. The number of halogens is 1. The molecule has 4 nitrogen and oxygen atoms in total. The van der Waals surface area contributed by atoms with Gasteiger partial charge in [-0.1, -0.05) is 41.9 Å². The van der Waals surface area contributed by atoms with Crippen molar-refractivity contribution in [3.05, 3.63) is 89.1 Å². The summed E-state index contributed by atoms with van der Waals surface area (Å²) in [6.45, 7) is 0.776. The highest BCUT2D eigenvalue weighted by Gasteiger charge is 2.05. The number of anilines is 2. The van der Waals surface area contributed by atoms with E-state index in [2.05, 4.69) is 15.6 Å². The molecular weight excluding hydrogens is 334 g/mol. The number of hydrogen-bond acceptors (Lipinski definition) is 3. The van der Waals surface area contributed by atoms with Crippen LogP contribution in [0.4, 0.5) is 11.5 Å². The molecule has 0 aliphatic rings. The van der Waals surface area contributed by atoms with E-state index in [-0.39, 0.29) is 5.91 Å². The van der Waals surface area contributed by atoms with Gasteiger partial charge in [-0.3, -0.25) is 4.79 Å². The lowest BCUT2D eigenvalue weighted by molar-refractivity contribution is 0.102. The third-order valence-corrected chi connectivity index (χ3v) is 3.91. The van der Waals surface area contributed by atoms with Gasteiger partial charge in [-0.2, -0.15) is 0 Å². The Kier molecular flexibility index (Phi) is 5.65. The zero-order valence-corrected chi connectivity index (χ0v) is 14.3. The Bertz CT molecular complexity index is 835. The Morgan fingerprint density at radius 2 is 1.84 bits per heavy atom. The summed E-state index contributed by atoms with van der Waals surface area (Å²) in [6, 6.07) is 20.6. The van der Waals surface area contributed by atoms with E-state index in [0.717, 1.165) is 23.7 Å². The lowest BCUT2D eigenvalue weighted by Crippen LogP contribution is -2.13. The van der Waals surface area contributed by atoms with Crippen LogP contribution in [0.5, 0.6) is 0 Å². The van der Waals surface area contributed by atoms with Crippen molar-refractivity contribution >= 4 is 29.0 Å². The number of rotatable bonds is 6. The highest BCUT2D eigenvalue weighted by atomic mass is 35.5. The molecule has 3 rings (SSSR count). The van der Waals surface area contributed by atoms with Gasteiger partial charge in [0, 0.05) is 17.1 Å². The Hall–Kier alpha value is -2.85. The predicted octanol–water partition coefficient (Wildman–Crippen LogP) is 4.64. The van der Waals surface area contributed by atoms with Crippen LogP contribution in [0.15, 0.2) is 72.9 Å². The molecule has 25 heavy (non-hydrogen) atoms. The lowest BCUT2D eigenvalue weighted by atomic mass is 10.1. The number of aromatic nitrogens is 1. The smallest absolute Gasteiger partial charge is 0.256 e. The Labute approximate surface area is 151 Å². The molecule has 5 heteroatoms. The van der Waals surface area contributed by atoms with Gasteiger partial charge in [0.1, 0.15) is 5.82 Å². The molecule has 126 valence electrons. The Balaban J connectivity index is 1.51. The van der Waals surface area contributed by atoms with Crippen molar-refractivity contribution in [2.45, 2.75) is 6.42 Å². The van der Waals surface area contributed by atoms with Gasteiger partial charge in [0.2, 0.25) is 0 Å². The number of nitrogens with zero attached hydrogens (tertiary/aromatic N) is 1. The van der Waals surface area contributed by atoms with Crippen LogP contribution in [0.3, 0.4) is 0 Å². The maximum Gasteiger partial charge on any atom is 0.256 e. The molecule has 0 saturated heterocycles. The van der Waals surface area contributed by atoms with Crippen LogP contribution in [-0.2, 0) is 6.42 Å². The second-order valence-corrected chi connectivity index (χ2v) is 6.00. The first kappa shape index (κ1) is 17.0. The average molecular weight is 352 g/mol. The van der Waals surface area contributed by atoms with Gasteiger partial charge in [-0.05, 0) is 48.4 Å². The summed E-state index contributed by atoms with van der Waals surface area (Å²) >= 11 is 5.98. The number of carbonyl (C=O) groups excluding carboxylic acids is 1. The van der Waals surface area contributed by atoms with Crippen LogP contribution in [0.25, 0.3) is 0 Å². The maximum atomic E-state index is 12.1. The van der Waals surface area contributed by atoms with Crippen molar-refractivity contribution in [2.24, 2.45) is 0 Å². The van der Waals surface area contributed by atoms with Crippen LogP contribution < -0.4 is 10.6 Å². The first-order chi connectivity index (χ1) is 12.2. The summed E-state index contributed by atoms with van der Waals surface area (Å²) in [5.41, 5.74) is 2.69. The lowest BCUT2D eigenvalue weighted by Gasteiger charge is -2.08. The number of amides is 1. The third kappa shape index (κ3) is 5.06. The first-order valence-electron chi connectivity index (χ1n) is 8.01. The zero-order chi connectivity index (χ0) is 17.5. The van der Waals surface area contributed by atoms with E-state index < -0.39 is 0 Å². The minimum absolute atomic E-state index is 0.172. The van der Waals surface area contributed by atoms with Crippen LogP contribution in [0, 0.1) is 0 Å². The minimum atomic E-state index is -0.172. The molecule has 2 N–H and O–H groups in total. The quantitative estimate of drug-likeness (QED) is 0.680. The molecule has 0 aliphatic heterocycles. The van der Waals surface area contributed by atoms with E-state index in [0.29, 0.717) is 11.4 Å². The largest absolute Gasteiger partial charge is 0.383 e. The van der Waals surface area contributed by atoms with Gasteiger partial charge in [-0.15, -0.1) is 0 Å². The summed E-state index contributed by atoms with van der Waals surface area (Å²) in [5.74, 6) is 0.351. The van der Waals surface area contributed by atoms with Gasteiger partial charge in [0.15, 0.2) is 0 Å². The first-order valence-corrected chi connectivity index (χ1v) is 8.39. The topological polar surface area (TPSA) is 54.0 Å². The molecule has 0 spiro atoms. The molecular formula is C20H18ClN3O. The van der Waals surface area contributed by atoms with Gasteiger partial charge < -0.3 is 10.6 Å². The molecule has 0 radical (unpaired) electrons. The SMILES string of the molecule is O=C(Nc1ccc(NCCc2cccc(Cl)c2)cn1)c1ccccc1. The molecule has 0 aliphatic carbocycles. The fourth-order valence-electron chi connectivity index (χ4n) is 2.39. The summed E-state index contributed by atoms with van der Waals surface area (Å²) < 4.78 is 0. The second kappa shape index (κ2) is 8.31. The zero-order valence-electron chi connectivity index (χ0n) is 13.6. The van der Waals surface area contributed by atoms with Crippen molar-refractivity contribution in [1.82, 2.24) is 4.98 Å². The summed E-state index contributed by atoms with van der Waals surface area (Å²) in [7, 11) is 0. The maximum absolute atomic E-state index is 12.1. The Morgan fingerprint density at radius 1 is 1.00 bits per heavy atom. The number of nitrogens with one attached hydrogen (secondary N) is 2. The molecule has 1 amide bonds. The van der Waals surface area contributed by atoms with E-state index in [1.54, 1.807) is 24.4 Å². The fourth-order valence-corrected chi connectivity index (χ4v) is 2.61. The van der Waals surface area contributed by atoms with Crippen molar-refractivity contribution in [3.63, 3.8) is 0 Å². The van der Waals surface area contributed by atoms with Crippen molar-refractivity contribution in [3.8, 4) is 0 Å². The Morgan fingerprint density at radius 3 is 2.56 bits per heavy atom. The van der Waals surface area contributed by atoms with Crippen LogP contribution in [0.2, 0.25) is 5.02 Å². The highest BCUT2D eigenvalue weighted by Crippen LogP contribution is 2.13. The van der Waals surface area contributed by atoms with Crippen molar-refractivity contribution < 1.29 is 4.79 Å². The predicted molar refractivity (Wildman–Crippen MR) is 102 cm³/mol.